The zero-order chi connectivity index (χ0) is 15.3. The molecule has 1 aromatic carbocycles. The molecule has 0 bridgehead atoms. The van der Waals surface area contributed by atoms with E-state index >= 15 is 0 Å². The summed E-state index contributed by atoms with van der Waals surface area (Å²) < 4.78 is 0. The van der Waals surface area contributed by atoms with E-state index in [1.165, 1.54) is 30.4 Å². The van der Waals surface area contributed by atoms with E-state index in [0.29, 0.717) is 0 Å². The van der Waals surface area contributed by atoms with Gasteiger partial charge < -0.3 is 0 Å². The van der Waals surface area contributed by atoms with Crippen molar-refractivity contribution in [2.24, 2.45) is 17.8 Å². The van der Waals surface area contributed by atoms with Crippen LogP contribution in [-0.2, 0) is 11.8 Å². The van der Waals surface area contributed by atoms with Gasteiger partial charge in [0.25, 0.3) is 0 Å². The Morgan fingerprint density at radius 3 is 1.85 bits per heavy atom. The van der Waals surface area contributed by atoms with E-state index in [1.54, 1.807) is 0 Å². The fourth-order valence-electron chi connectivity index (χ4n) is 2.53. The Bertz CT molecular complexity index is 377. The third-order valence-corrected chi connectivity index (χ3v) is 4.66. The second-order valence-electron chi connectivity index (χ2n) is 8.05. The second kappa shape index (κ2) is 7.29. The smallest absolute Gasteiger partial charge is 0.0132 e. The molecule has 0 heteroatoms. The first-order valence-corrected chi connectivity index (χ1v) is 8.29. The fourth-order valence-corrected chi connectivity index (χ4v) is 2.53. The first-order valence-electron chi connectivity index (χ1n) is 8.29. The van der Waals surface area contributed by atoms with Gasteiger partial charge in [0.05, 0.1) is 0 Å². The van der Waals surface area contributed by atoms with E-state index in [4.69, 9.17) is 0 Å². The number of hydrogen-bond acceptors (Lipinski definition) is 0. The molecule has 0 aliphatic heterocycles. The summed E-state index contributed by atoms with van der Waals surface area (Å²) in [5.74, 6) is 2.45. The van der Waals surface area contributed by atoms with Crippen molar-refractivity contribution in [1.29, 1.82) is 0 Å². The topological polar surface area (TPSA) is 0 Å². The number of hydrogen-bond donors (Lipinski definition) is 0. The Labute approximate surface area is 127 Å². The Morgan fingerprint density at radius 2 is 1.40 bits per heavy atom. The van der Waals surface area contributed by atoms with Crippen LogP contribution in [0.25, 0.3) is 0 Å². The van der Waals surface area contributed by atoms with Gasteiger partial charge >= 0.3 is 0 Å². The molecule has 0 nitrogen and oxygen atoms in total. The predicted molar refractivity (Wildman–Crippen MR) is 91.2 cm³/mol. The summed E-state index contributed by atoms with van der Waals surface area (Å²) in [6.45, 7) is 16.3. The van der Waals surface area contributed by atoms with Crippen LogP contribution >= 0.6 is 0 Å². The maximum absolute atomic E-state index is 2.39. The zero-order valence-electron chi connectivity index (χ0n) is 14.7. The van der Waals surface area contributed by atoms with Crippen molar-refractivity contribution in [2.75, 3.05) is 0 Å². The highest BCUT2D eigenvalue weighted by atomic mass is 14.2. The van der Waals surface area contributed by atoms with Gasteiger partial charge in [0.1, 0.15) is 0 Å². The van der Waals surface area contributed by atoms with Crippen LogP contribution in [0.4, 0.5) is 0 Å². The van der Waals surface area contributed by atoms with Gasteiger partial charge in [-0.25, -0.2) is 0 Å². The number of benzene rings is 1. The third-order valence-electron chi connectivity index (χ3n) is 4.66. The molecule has 0 heterocycles. The van der Waals surface area contributed by atoms with Crippen molar-refractivity contribution in [3.05, 3.63) is 35.4 Å². The molecule has 0 spiro atoms. The molecule has 0 fully saturated rings. The fraction of sp³-hybridized carbons (Fsp3) is 0.700. The minimum atomic E-state index is 0.261. The van der Waals surface area contributed by atoms with Crippen LogP contribution in [0, 0.1) is 17.8 Å². The van der Waals surface area contributed by atoms with Crippen LogP contribution in [0.15, 0.2) is 24.3 Å². The Kier molecular flexibility index (Phi) is 6.30. The molecular formula is C20H34. The lowest BCUT2D eigenvalue weighted by atomic mass is 9.85. The zero-order valence-corrected chi connectivity index (χ0v) is 14.7. The van der Waals surface area contributed by atoms with Crippen LogP contribution in [0.1, 0.15) is 72.4 Å². The van der Waals surface area contributed by atoms with Crippen LogP contribution in [-0.4, -0.2) is 0 Å². The summed E-state index contributed by atoms with van der Waals surface area (Å²) in [6.07, 6.45) is 3.93. The van der Waals surface area contributed by atoms with E-state index in [1.807, 2.05) is 0 Å². The van der Waals surface area contributed by atoms with E-state index in [0.717, 1.165) is 17.8 Å². The van der Waals surface area contributed by atoms with E-state index in [9.17, 15) is 0 Å². The van der Waals surface area contributed by atoms with Gasteiger partial charge in [-0.2, -0.15) is 0 Å². The van der Waals surface area contributed by atoms with Crippen molar-refractivity contribution >= 4 is 0 Å². The molecule has 20 heavy (non-hydrogen) atoms. The molecule has 2 atom stereocenters. The molecule has 0 N–H and O–H groups in total. The summed E-state index contributed by atoms with van der Waals surface area (Å²) in [7, 11) is 0. The van der Waals surface area contributed by atoms with Crippen LogP contribution in [0.3, 0.4) is 0 Å². The molecule has 0 radical (unpaired) electrons. The first-order chi connectivity index (χ1) is 9.20. The quantitative estimate of drug-likeness (QED) is 0.576. The molecule has 0 aliphatic rings. The van der Waals surface area contributed by atoms with E-state index < -0.39 is 0 Å². The Hall–Kier alpha value is -0.780. The largest absolute Gasteiger partial charge is 0.0625 e. The SMILES string of the molecule is CC(CCC(C)C(C)C)Cc1ccc(C(C)(C)C)cc1. The van der Waals surface area contributed by atoms with E-state index in [2.05, 4.69) is 72.7 Å². The number of rotatable bonds is 6. The van der Waals surface area contributed by atoms with Gasteiger partial charge in [0.15, 0.2) is 0 Å². The lowest BCUT2D eigenvalue weighted by Gasteiger charge is -2.20. The average molecular weight is 274 g/mol. The van der Waals surface area contributed by atoms with Gasteiger partial charge in [-0.1, -0.05) is 85.6 Å². The molecule has 0 aliphatic carbocycles. The standard InChI is InChI=1S/C20H34/c1-15(2)17(4)9-8-16(3)14-18-10-12-19(13-11-18)20(5,6)7/h10-13,15-17H,8-9,14H2,1-7H3. The Balaban J connectivity index is 2.48. The van der Waals surface area contributed by atoms with Crippen molar-refractivity contribution in [3.8, 4) is 0 Å². The molecule has 1 aromatic rings. The van der Waals surface area contributed by atoms with E-state index in [-0.39, 0.29) is 5.41 Å². The maximum Gasteiger partial charge on any atom is -0.0132 e. The minimum Gasteiger partial charge on any atom is -0.0625 e. The predicted octanol–water partition coefficient (Wildman–Crippen LogP) is 6.24. The van der Waals surface area contributed by atoms with Crippen LogP contribution in [0.5, 0.6) is 0 Å². The van der Waals surface area contributed by atoms with Crippen LogP contribution in [0.2, 0.25) is 0 Å². The lowest BCUT2D eigenvalue weighted by Crippen LogP contribution is -2.11. The van der Waals surface area contributed by atoms with Gasteiger partial charge in [0, 0.05) is 0 Å². The Morgan fingerprint density at radius 1 is 0.850 bits per heavy atom. The highest BCUT2D eigenvalue weighted by Gasteiger charge is 2.14. The normalized spacial score (nSPS) is 15.4. The van der Waals surface area contributed by atoms with Crippen molar-refractivity contribution < 1.29 is 0 Å². The van der Waals surface area contributed by atoms with Gasteiger partial charge in [-0.05, 0) is 40.7 Å². The first kappa shape index (κ1) is 17.3. The second-order valence-corrected chi connectivity index (χ2v) is 8.05. The molecule has 0 amide bonds. The van der Waals surface area contributed by atoms with Gasteiger partial charge in [0.2, 0.25) is 0 Å². The van der Waals surface area contributed by atoms with Gasteiger partial charge in [-0.3, -0.25) is 0 Å². The molecule has 0 saturated heterocycles. The average Bonchev–Trinajstić information content (AvgIpc) is 2.35. The molecule has 0 saturated carbocycles. The summed E-state index contributed by atoms with van der Waals surface area (Å²) in [5.41, 5.74) is 3.18. The van der Waals surface area contributed by atoms with Gasteiger partial charge in [-0.15, -0.1) is 0 Å². The summed E-state index contributed by atoms with van der Waals surface area (Å²) in [5, 5.41) is 0. The highest BCUT2D eigenvalue weighted by molar-refractivity contribution is 5.27. The minimum absolute atomic E-state index is 0.261. The maximum atomic E-state index is 2.39. The lowest BCUT2D eigenvalue weighted by molar-refractivity contribution is 0.350. The summed E-state index contributed by atoms with van der Waals surface area (Å²) in [6, 6.07) is 9.25. The van der Waals surface area contributed by atoms with Crippen LogP contribution < -0.4 is 0 Å². The molecule has 114 valence electrons. The molecule has 2 unspecified atom stereocenters. The third kappa shape index (κ3) is 5.69. The molecular weight excluding hydrogens is 240 g/mol. The summed E-state index contributed by atoms with van der Waals surface area (Å²) in [4.78, 5) is 0. The van der Waals surface area contributed by atoms with Crippen molar-refractivity contribution in [2.45, 2.75) is 73.1 Å². The van der Waals surface area contributed by atoms with Crippen molar-refractivity contribution in [1.82, 2.24) is 0 Å². The monoisotopic (exact) mass is 274 g/mol. The molecule has 0 aromatic heterocycles. The molecule has 1 rings (SSSR count). The highest BCUT2D eigenvalue weighted by Crippen LogP contribution is 2.24. The van der Waals surface area contributed by atoms with Crippen molar-refractivity contribution in [3.63, 3.8) is 0 Å². The summed E-state index contributed by atoms with van der Waals surface area (Å²) >= 11 is 0.